The number of para-hydroxylation sites is 2. The number of furan rings is 1. The van der Waals surface area contributed by atoms with E-state index in [1.165, 1.54) is 21.9 Å². The van der Waals surface area contributed by atoms with Crippen LogP contribution in [0.3, 0.4) is 0 Å². The first-order chi connectivity index (χ1) is 27.7. The van der Waals surface area contributed by atoms with Crippen LogP contribution in [0.25, 0.3) is 106 Å². The average molecular weight is 717 g/mol. The second-order valence-electron chi connectivity index (χ2n) is 14.0. The Labute approximate surface area is 322 Å². The molecule has 0 saturated heterocycles. The minimum absolute atomic E-state index is 0.557. The van der Waals surface area contributed by atoms with Gasteiger partial charge in [-0.05, 0) is 58.7 Å². The number of rotatable bonds is 6. The molecule has 0 aliphatic rings. The minimum Gasteiger partial charge on any atom is -0.455 e. The summed E-state index contributed by atoms with van der Waals surface area (Å²) < 4.78 is 9.20. The van der Waals surface area contributed by atoms with Gasteiger partial charge in [-0.3, -0.25) is 0 Å². The van der Waals surface area contributed by atoms with Gasteiger partial charge in [0.05, 0.1) is 16.6 Å². The molecule has 0 spiro atoms. The van der Waals surface area contributed by atoms with Crippen LogP contribution in [0, 0.1) is 0 Å². The Morgan fingerprint density at radius 2 is 0.893 bits per heavy atom. The Morgan fingerprint density at radius 3 is 1.64 bits per heavy atom. The molecule has 11 aromatic rings. The number of aromatic nitrogens is 4. The monoisotopic (exact) mass is 716 g/mol. The Hall–Kier alpha value is -7.63. The van der Waals surface area contributed by atoms with Crippen LogP contribution in [0.15, 0.2) is 199 Å². The summed E-state index contributed by atoms with van der Waals surface area (Å²) in [6.07, 6.45) is 0. The third-order valence-electron chi connectivity index (χ3n) is 10.7. The van der Waals surface area contributed by atoms with Gasteiger partial charge in [0, 0.05) is 44.4 Å². The first-order valence-electron chi connectivity index (χ1n) is 18.8. The smallest absolute Gasteiger partial charge is 0.167 e. The molecule has 0 aliphatic heterocycles. The zero-order valence-corrected chi connectivity index (χ0v) is 30.2. The largest absolute Gasteiger partial charge is 0.455 e. The lowest BCUT2D eigenvalue weighted by molar-refractivity contribution is 0.670. The summed E-state index contributed by atoms with van der Waals surface area (Å²) in [5, 5.41) is 4.41. The van der Waals surface area contributed by atoms with Crippen LogP contribution in [0.5, 0.6) is 0 Å². The maximum Gasteiger partial charge on any atom is 0.167 e. The Bertz CT molecular complexity index is 3220. The van der Waals surface area contributed by atoms with E-state index < -0.39 is 0 Å². The van der Waals surface area contributed by atoms with Crippen molar-refractivity contribution in [3.8, 4) is 62.1 Å². The normalized spacial score (nSPS) is 11.6. The van der Waals surface area contributed by atoms with E-state index >= 15 is 0 Å². The minimum atomic E-state index is 0.557. The van der Waals surface area contributed by atoms with Gasteiger partial charge in [0.1, 0.15) is 11.2 Å². The second kappa shape index (κ2) is 13.0. The van der Waals surface area contributed by atoms with Crippen molar-refractivity contribution in [1.82, 2.24) is 19.5 Å². The van der Waals surface area contributed by atoms with Crippen molar-refractivity contribution in [2.75, 3.05) is 0 Å². The number of fused-ring (bicyclic) bond motifs is 6. The van der Waals surface area contributed by atoms with Crippen molar-refractivity contribution in [3.05, 3.63) is 194 Å². The standard InChI is InChI=1S/C51H32N4O/c1-4-14-33(15-5-1)35-26-28-39(29-27-35)55-45-25-11-10-22-40(45)43-31-44-41-23-13-24-42(48(41)56-47(44)32-46(43)55)51-53-49(36-18-8-3-9-19-36)52-50(54-51)38-21-12-20-37(30-38)34-16-6-2-7-17-34/h1-32H. The molecule has 0 N–H and O–H groups in total. The molecule has 0 unspecified atom stereocenters. The van der Waals surface area contributed by atoms with Crippen LogP contribution in [0.1, 0.15) is 0 Å². The van der Waals surface area contributed by atoms with E-state index in [2.05, 4.69) is 150 Å². The highest BCUT2D eigenvalue weighted by atomic mass is 16.3. The molecule has 0 fully saturated rings. The van der Waals surface area contributed by atoms with Gasteiger partial charge in [0.15, 0.2) is 17.5 Å². The average Bonchev–Trinajstić information content (AvgIpc) is 3.81. The van der Waals surface area contributed by atoms with E-state index in [9.17, 15) is 0 Å². The van der Waals surface area contributed by atoms with Crippen LogP contribution in [-0.4, -0.2) is 19.5 Å². The molecule has 262 valence electrons. The molecule has 8 aromatic carbocycles. The third-order valence-corrected chi connectivity index (χ3v) is 10.7. The first-order valence-corrected chi connectivity index (χ1v) is 18.8. The lowest BCUT2D eigenvalue weighted by Crippen LogP contribution is -2.00. The Kier molecular flexibility index (Phi) is 7.42. The van der Waals surface area contributed by atoms with Gasteiger partial charge in [0.2, 0.25) is 0 Å². The van der Waals surface area contributed by atoms with Gasteiger partial charge in [-0.2, -0.15) is 0 Å². The lowest BCUT2D eigenvalue weighted by atomic mass is 10.0. The zero-order chi connectivity index (χ0) is 37.0. The first kappa shape index (κ1) is 31.9. The third kappa shape index (κ3) is 5.37. The molecule has 0 bridgehead atoms. The molecule has 0 saturated carbocycles. The van der Waals surface area contributed by atoms with E-state index in [-0.39, 0.29) is 0 Å². The van der Waals surface area contributed by atoms with Crippen LogP contribution in [-0.2, 0) is 0 Å². The van der Waals surface area contributed by atoms with Crippen LogP contribution >= 0.6 is 0 Å². The van der Waals surface area contributed by atoms with Crippen molar-refractivity contribution in [2.24, 2.45) is 0 Å². The van der Waals surface area contributed by atoms with Gasteiger partial charge in [-0.1, -0.05) is 152 Å². The van der Waals surface area contributed by atoms with Crippen molar-refractivity contribution in [3.63, 3.8) is 0 Å². The van der Waals surface area contributed by atoms with Crippen LogP contribution < -0.4 is 0 Å². The van der Waals surface area contributed by atoms with Crippen molar-refractivity contribution in [2.45, 2.75) is 0 Å². The molecule has 0 amide bonds. The van der Waals surface area contributed by atoms with Gasteiger partial charge in [0.25, 0.3) is 0 Å². The quantitative estimate of drug-likeness (QED) is 0.172. The molecule has 5 nitrogen and oxygen atoms in total. The predicted molar refractivity (Wildman–Crippen MR) is 229 cm³/mol. The lowest BCUT2D eigenvalue weighted by Gasteiger charge is -2.10. The number of hydrogen-bond donors (Lipinski definition) is 0. The summed E-state index contributed by atoms with van der Waals surface area (Å²) in [4.78, 5) is 15.2. The van der Waals surface area contributed by atoms with E-state index in [1.807, 2.05) is 48.5 Å². The molecule has 11 rings (SSSR count). The Morgan fingerprint density at radius 1 is 0.339 bits per heavy atom. The Balaban J connectivity index is 1.09. The summed E-state index contributed by atoms with van der Waals surface area (Å²) in [7, 11) is 0. The highest BCUT2D eigenvalue weighted by Gasteiger charge is 2.20. The fraction of sp³-hybridized carbons (Fsp3) is 0. The summed E-state index contributed by atoms with van der Waals surface area (Å²) in [5.74, 6) is 1.76. The van der Waals surface area contributed by atoms with E-state index in [4.69, 9.17) is 19.4 Å². The predicted octanol–water partition coefficient (Wildman–Crippen LogP) is 13.2. The second-order valence-corrected chi connectivity index (χ2v) is 14.0. The summed E-state index contributed by atoms with van der Waals surface area (Å²) in [6.45, 7) is 0. The van der Waals surface area contributed by atoms with Crippen LogP contribution in [0.2, 0.25) is 0 Å². The molecule has 3 aromatic heterocycles. The van der Waals surface area contributed by atoms with E-state index in [0.29, 0.717) is 17.5 Å². The van der Waals surface area contributed by atoms with E-state index in [1.54, 1.807) is 0 Å². The fourth-order valence-electron chi connectivity index (χ4n) is 7.96. The molecule has 3 heterocycles. The van der Waals surface area contributed by atoms with Gasteiger partial charge in [-0.25, -0.2) is 15.0 Å². The summed E-state index contributed by atoms with van der Waals surface area (Å²) in [5.41, 5.74) is 12.1. The molecule has 0 atom stereocenters. The van der Waals surface area contributed by atoms with E-state index in [0.717, 1.165) is 66.5 Å². The maximum absolute atomic E-state index is 6.86. The molecule has 5 heteroatoms. The van der Waals surface area contributed by atoms with Gasteiger partial charge in [-0.15, -0.1) is 0 Å². The molecular weight excluding hydrogens is 685 g/mol. The van der Waals surface area contributed by atoms with Crippen molar-refractivity contribution < 1.29 is 4.42 Å². The van der Waals surface area contributed by atoms with Gasteiger partial charge < -0.3 is 8.98 Å². The SMILES string of the molecule is c1ccc(-c2ccc(-n3c4ccccc4c4cc5c(cc43)oc3c(-c4nc(-c6ccccc6)nc(-c6cccc(-c7ccccc7)c6)n4)cccc35)cc2)cc1. The highest BCUT2D eigenvalue weighted by molar-refractivity contribution is 6.18. The zero-order valence-electron chi connectivity index (χ0n) is 30.2. The number of nitrogens with zero attached hydrogens (tertiary/aromatic N) is 4. The summed E-state index contributed by atoms with van der Waals surface area (Å²) in [6, 6.07) is 67.4. The van der Waals surface area contributed by atoms with Crippen molar-refractivity contribution >= 4 is 43.7 Å². The van der Waals surface area contributed by atoms with Gasteiger partial charge >= 0.3 is 0 Å². The highest BCUT2D eigenvalue weighted by Crippen LogP contribution is 2.41. The van der Waals surface area contributed by atoms with Crippen LogP contribution in [0.4, 0.5) is 0 Å². The topological polar surface area (TPSA) is 56.7 Å². The summed E-state index contributed by atoms with van der Waals surface area (Å²) >= 11 is 0. The number of hydrogen-bond acceptors (Lipinski definition) is 4. The molecule has 56 heavy (non-hydrogen) atoms. The molecular formula is C51H32N4O. The molecule has 0 radical (unpaired) electrons. The molecule has 0 aliphatic carbocycles. The maximum atomic E-state index is 6.86. The number of benzene rings is 8. The fourth-order valence-corrected chi connectivity index (χ4v) is 7.96. The van der Waals surface area contributed by atoms with Crippen molar-refractivity contribution in [1.29, 1.82) is 0 Å².